The Bertz CT molecular complexity index is 682. The average Bonchev–Trinajstić information content (AvgIpc) is 3.22. The fraction of sp³-hybridized carbons (Fsp3) is 0.500. The highest BCUT2D eigenvalue weighted by Crippen LogP contribution is 2.33. The van der Waals surface area contributed by atoms with Crippen molar-refractivity contribution in [1.82, 2.24) is 19.5 Å². The van der Waals surface area contributed by atoms with Crippen molar-refractivity contribution >= 4 is 17.4 Å². The van der Waals surface area contributed by atoms with Gasteiger partial charge in [0.05, 0.1) is 25.4 Å². The van der Waals surface area contributed by atoms with E-state index in [0.717, 1.165) is 18.4 Å². The summed E-state index contributed by atoms with van der Waals surface area (Å²) < 4.78 is 15.9. The summed E-state index contributed by atoms with van der Waals surface area (Å²) in [6.45, 7) is 1.55. The first-order chi connectivity index (χ1) is 11.8. The van der Waals surface area contributed by atoms with Gasteiger partial charge < -0.3 is 14.4 Å². The molecule has 3 heterocycles. The van der Waals surface area contributed by atoms with Crippen molar-refractivity contribution in [1.29, 1.82) is 0 Å². The number of hydrogen-bond acceptors (Lipinski definition) is 7. The SMILES string of the molecule is O=C(c1csnn1)N1CCO[C@H]2CC[C@H]1[C@H]2OCc1cccnc1. The number of carbonyl (C=O) groups is 1. The molecule has 2 aliphatic rings. The summed E-state index contributed by atoms with van der Waals surface area (Å²) in [5.41, 5.74) is 1.42. The number of aromatic nitrogens is 3. The lowest BCUT2D eigenvalue weighted by Gasteiger charge is -2.30. The Morgan fingerprint density at radius 3 is 3.21 bits per heavy atom. The molecule has 7 nitrogen and oxygen atoms in total. The van der Waals surface area contributed by atoms with Gasteiger partial charge >= 0.3 is 0 Å². The minimum Gasteiger partial charge on any atom is -0.374 e. The molecule has 4 rings (SSSR count). The van der Waals surface area contributed by atoms with E-state index in [1.807, 2.05) is 17.0 Å². The van der Waals surface area contributed by atoms with Gasteiger partial charge in [-0.25, -0.2) is 0 Å². The molecule has 2 bridgehead atoms. The van der Waals surface area contributed by atoms with Gasteiger partial charge in [-0.05, 0) is 36.0 Å². The van der Waals surface area contributed by atoms with Gasteiger partial charge in [-0.15, -0.1) is 5.10 Å². The van der Waals surface area contributed by atoms with Crippen LogP contribution in [-0.4, -0.2) is 56.8 Å². The number of nitrogens with zero attached hydrogens (tertiary/aromatic N) is 4. The zero-order chi connectivity index (χ0) is 16.4. The van der Waals surface area contributed by atoms with Crippen LogP contribution in [0.1, 0.15) is 28.9 Å². The van der Waals surface area contributed by atoms with Crippen LogP contribution in [0.15, 0.2) is 29.9 Å². The molecule has 1 aliphatic carbocycles. The predicted octanol–water partition coefficient (Wildman–Crippen LogP) is 1.52. The fourth-order valence-corrected chi connectivity index (χ4v) is 3.87. The summed E-state index contributed by atoms with van der Waals surface area (Å²) in [7, 11) is 0. The third-order valence-electron chi connectivity index (χ3n) is 4.56. The zero-order valence-corrected chi connectivity index (χ0v) is 13.9. The normalized spacial score (nSPS) is 26.3. The first-order valence-electron chi connectivity index (χ1n) is 8.03. The lowest BCUT2D eigenvalue weighted by atomic mass is 10.1. The molecule has 0 aromatic carbocycles. The largest absolute Gasteiger partial charge is 0.374 e. The summed E-state index contributed by atoms with van der Waals surface area (Å²) in [6, 6.07) is 3.89. The lowest BCUT2D eigenvalue weighted by Crippen LogP contribution is -2.46. The van der Waals surface area contributed by atoms with Gasteiger partial charge in [-0.2, -0.15) is 0 Å². The van der Waals surface area contributed by atoms with E-state index in [0.29, 0.717) is 25.5 Å². The maximum atomic E-state index is 12.7. The van der Waals surface area contributed by atoms with Crippen LogP contribution in [0.2, 0.25) is 0 Å². The number of rotatable bonds is 4. The number of hydrogen-bond donors (Lipinski definition) is 0. The molecule has 2 aromatic heterocycles. The first kappa shape index (κ1) is 15.6. The smallest absolute Gasteiger partial charge is 0.275 e. The van der Waals surface area contributed by atoms with Gasteiger partial charge in [0.15, 0.2) is 5.69 Å². The second kappa shape index (κ2) is 6.92. The molecule has 1 saturated heterocycles. The Labute approximate surface area is 143 Å². The van der Waals surface area contributed by atoms with E-state index in [1.54, 1.807) is 17.8 Å². The third-order valence-corrected chi connectivity index (χ3v) is 5.07. The zero-order valence-electron chi connectivity index (χ0n) is 13.1. The van der Waals surface area contributed by atoms with Crippen molar-refractivity contribution in [2.45, 2.75) is 37.7 Å². The molecule has 1 amide bonds. The molecule has 8 heteroatoms. The van der Waals surface area contributed by atoms with E-state index < -0.39 is 0 Å². The highest BCUT2D eigenvalue weighted by molar-refractivity contribution is 7.03. The van der Waals surface area contributed by atoms with E-state index >= 15 is 0 Å². The second-order valence-corrected chi connectivity index (χ2v) is 6.59. The minimum absolute atomic E-state index is 0.0170. The number of fused-ring (bicyclic) bond motifs is 2. The van der Waals surface area contributed by atoms with Gasteiger partial charge in [-0.3, -0.25) is 9.78 Å². The van der Waals surface area contributed by atoms with Crippen LogP contribution in [0, 0.1) is 0 Å². The van der Waals surface area contributed by atoms with Gasteiger partial charge in [0.25, 0.3) is 5.91 Å². The van der Waals surface area contributed by atoms with Crippen LogP contribution >= 0.6 is 11.5 Å². The van der Waals surface area contributed by atoms with Crippen molar-refractivity contribution < 1.29 is 14.3 Å². The summed E-state index contributed by atoms with van der Waals surface area (Å²) in [5.74, 6) is -0.0881. The van der Waals surface area contributed by atoms with Crippen LogP contribution in [0.4, 0.5) is 0 Å². The van der Waals surface area contributed by atoms with Gasteiger partial charge in [-0.1, -0.05) is 10.6 Å². The van der Waals surface area contributed by atoms with E-state index in [1.165, 1.54) is 11.5 Å². The third kappa shape index (κ3) is 3.04. The number of carbonyl (C=O) groups excluding carboxylic acids is 1. The Hall–Kier alpha value is -1.90. The van der Waals surface area contributed by atoms with E-state index in [9.17, 15) is 4.79 Å². The van der Waals surface area contributed by atoms with Crippen LogP contribution in [0.25, 0.3) is 0 Å². The molecule has 3 atom stereocenters. The number of ether oxygens (including phenoxy) is 2. The summed E-state index contributed by atoms with van der Waals surface area (Å²) in [5, 5.41) is 5.60. The van der Waals surface area contributed by atoms with Crippen molar-refractivity contribution in [3.8, 4) is 0 Å². The summed E-state index contributed by atoms with van der Waals surface area (Å²) in [4.78, 5) is 18.7. The maximum Gasteiger partial charge on any atom is 0.275 e. The highest BCUT2D eigenvalue weighted by Gasteiger charge is 2.45. The van der Waals surface area contributed by atoms with Gasteiger partial charge in [0.1, 0.15) is 6.10 Å². The molecule has 24 heavy (non-hydrogen) atoms. The Morgan fingerprint density at radius 2 is 2.42 bits per heavy atom. The number of amides is 1. The van der Waals surface area contributed by atoms with Crippen LogP contribution in [-0.2, 0) is 16.1 Å². The molecule has 1 saturated carbocycles. The molecule has 0 radical (unpaired) electrons. The monoisotopic (exact) mass is 346 g/mol. The topological polar surface area (TPSA) is 77.4 Å². The molecule has 126 valence electrons. The molecule has 1 aliphatic heterocycles. The van der Waals surface area contributed by atoms with E-state index in [4.69, 9.17) is 9.47 Å². The Kier molecular flexibility index (Phi) is 4.50. The quantitative estimate of drug-likeness (QED) is 0.835. The average molecular weight is 346 g/mol. The van der Waals surface area contributed by atoms with Gasteiger partial charge in [0.2, 0.25) is 0 Å². The van der Waals surface area contributed by atoms with Crippen LogP contribution in [0.3, 0.4) is 0 Å². The molecule has 2 aromatic rings. The molecule has 2 fully saturated rings. The number of pyridine rings is 1. The molecule has 0 N–H and O–H groups in total. The Balaban J connectivity index is 1.50. The molecular formula is C16H18N4O3S. The second-order valence-electron chi connectivity index (χ2n) is 5.98. The van der Waals surface area contributed by atoms with Crippen molar-refractivity contribution in [3.05, 3.63) is 41.2 Å². The van der Waals surface area contributed by atoms with Gasteiger partial charge in [0, 0.05) is 24.3 Å². The van der Waals surface area contributed by atoms with E-state index in [2.05, 4.69) is 14.6 Å². The predicted molar refractivity (Wildman–Crippen MR) is 86.5 cm³/mol. The standard InChI is InChI=1S/C16H18N4O3S/c21-16(12-10-24-19-18-12)20-6-7-22-14-4-3-13(20)15(14)23-9-11-2-1-5-17-8-11/h1-2,5,8,10,13-15H,3-4,6-7,9H2/t13-,14-,15+/m0/s1. The summed E-state index contributed by atoms with van der Waals surface area (Å²) in [6.07, 6.45) is 5.24. The van der Waals surface area contributed by atoms with Crippen molar-refractivity contribution in [3.63, 3.8) is 0 Å². The highest BCUT2D eigenvalue weighted by atomic mass is 32.1. The molecule has 0 unspecified atom stereocenters. The fourth-order valence-electron chi connectivity index (χ4n) is 3.44. The van der Waals surface area contributed by atoms with Crippen molar-refractivity contribution in [2.24, 2.45) is 0 Å². The first-order valence-corrected chi connectivity index (χ1v) is 8.87. The minimum atomic E-state index is -0.122. The van der Waals surface area contributed by atoms with Crippen LogP contribution < -0.4 is 0 Å². The lowest BCUT2D eigenvalue weighted by molar-refractivity contribution is -0.0598. The molecular weight excluding hydrogens is 328 g/mol. The van der Waals surface area contributed by atoms with Crippen LogP contribution in [0.5, 0.6) is 0 Å². The maximum absolute atomic E-state index is 12.7. The summed E-state index contributed by atoms with van der Waals surface area (Å²) >= 11 is 1.19. The van der Waals surface area contributed by atoms with E-state index in [-0.39, 0.29) is 24.2 Å². The Morgan fingerprint density at radius 1 is 1.46 bits per heavy atom. The molecule has 0 spiro atoms. The van der Waals surface area contributed by atoms with Crippen molar-refractivity contribution in [2.75, 3.05) is 13.2 Å².